The van der Waals surface area contributed by atoms with E-state index in [1.54, 1.807) is 0 Å². The maximum Gasteiger partial charge on any atom is 0.248 e. The minimum atomic E-state index is -0.653. The van der Waals surface area contributed by atoms with Crippen molar-refractivity contribution in [2.45, 2.75) is 91.3 Å². The third-order valence-electron chi connectivity index (χ3n) is 7.39. The summed E-state index contributed by atoms with van der Waals surface area (Å²) in [4.78, 5) is 15.4. The molecule has 0 bridgehead atoms. The highest BCUT2D eigenvalue weighted by atomic mass is 35.5. The van der Waals surface area contributed by atoms with Gasteiger partial charge in [-0.1, -0.05) is 50.9 Å². The molecule has 5 heteroatoms. The van der Waals surface area contributed by atoms with Crippen molar-refractivity contribution >= 4 is 17.5 Å². The van der Waals surface area contributed by atoms with Crippen molar-refractivity contribution in [1.82, 2.24) is 10.2 Å². The fraction of sp³-hybridized carbons (Fsp3) is 0.800. The number of carbonyl (C=O) groups is 1. The van der Waals surface area contributed by atoms with Gasteiger partial charge in [-0.2, -0.15) is 0 Å². The van der Waals surface area contributed by atoms with Crippen LogP contribution in [0, 0.1) is 17.3 Å². The number of allylic oxidation sites excluding steroid dienone is 3. The Kier molecular flexibility index (Phi) is 8.06. The summed E-state index contributed by atoms with van der Waals surface area (Å²) < 4.78 is 13.6. The molecule has 1 aliphatic heterocycles. The van der Waals surface area contributed by atoms with Crippen LogP contribution in [-0.4, -0.2) is 42.7 Å². The molecule has 0 aromatic heterocycles. The SMILES string of the molecule is CC(C)[C@H](CN1CCC(C2=CCC(F)CC2)C(C)(C)C1)NC(=O)C1=C(Cl)CCCC1. The molecule has 1 fully saturated rings. The van der Waals surface area contributed by atoms with Crippen molar-refractivity contribution < 1.29 is 9.18 Å². The molecule has 3 nitrogen and oxygen atoms in total. The highest BCUT2D eigenvalue weighted by Gasteiger charge is 2.39. The summed E-state index contributed by atoms with van der Waals surface area (Å²) in [7, 11) is 0. The zero-order valence-corrected chi connectivity index (χ0v) is 20.0. The first-order valence-corrected chi connectivity index (χ1v) is 12.3. The van der Waals surface area contributed by atoms with E-state index in [-0.39, 0.29) is 17.4 Å². The van der Waals surface area contributed by atoms with Gasteiger partial charge in [-0.25, -0.2) is 4.39 Å². The first kappa shape index (κ1) is 23.8. The van der Waals surface area contributed by atoms with Gasteiger partial charge in [0.15, 0.2) is 0 Å². The van der Waals surface area contributed by atoms with E-state index in [1.807, 2.05) is 0 Å². The van der Waals surface area contributed by atoms with Gasteiger partial charge in [0.2, 0.25) is 5.91 Å². The lowest BCUT2D eigenvalue weighted by Gasteiger charge is -2.47. The quantitative estimate of drug-likeness (QED) is 0.516. The zero-order chi connectivity index (χ0) is 21.9. The smallest absolute Gasteiger partial charge is 0.248 e. The van der Waals surface area contributed by atoms with E-state index in [1.165, 1.54) is 5.57 Å². The number of rotatable bonds is 6. The molecule has 170 valence electrons. The Morgan fingerprint density at radius 3 is 2.60 bits per heavy atom. The van der Waals surface area contributed by atoms with Gasteiger partial charge in [0.25, 0.3) is 0 Å². The van der Waals surface area contributed by atoms with Gasteiger partial charge in [0.05, 0.1) is 0 Å². The Bertz CT molecular complexity index is 685. The van der Waals surface area contributed by atoms with E-state index in [0.29, 0.717) is 24.7 Å². The number of nitrogens with zero attached hydrogens (tertiary/aromatic N) is 1. The Hall–Kier alpha value is -0.870. The molecular formula is C25H40ClFN2O. The van der Waals surface area contributed by atoms with Gasteiger partial charge >= 0.3 is 0 Å². The Morgan fingerprint density at radius 1 is 1.27 bits per heavy atom. The second-order valence-electron chi connectivity index (χ2n) is 10.6. The number of likely N-dealkylation sites (tertiary alicyclic amines) is 1. The molecular weight excluding hydrogens is 399 g/mol. The van der Waals surface area contributed by atoms with Crippen molar-refractivity contribution in [2.75, 3.05) is 19.6 Å². The van der Waals surface area contributed by atoms with Gasteiger partial charge in [0.1, 0.15) is 6.17 Å². The molecule has 0 aromatic carbocycles. The lowest BCUT2D eigenvalue weighted by molar-refractivity contribution is -0.119. The zero-order valence-electron chi connectivity index (χ0n) is 19.3. The monoisotopic (exact) mass is 438 g/mol. The lowest BCUT2D eigenvalue weighted by atomic mass is 9.68. The molecule has 0 aromatic rings. The van der Waals surface area contributed by atoms with Crippen LogP contribution in [-0.2, 0) is 4.79 Å². The number of piperidine rings is 1. The third-order valence-corrected chi connectivity index (χ3v) is 7.81. The third kappa shape index (κ3) is 5.88. The Balaban J connectivity index is 1.61. The van der Waals surface area contributed by atoms with Gasteiger partial charge in [0, 0.05) is 29.7 Å². The van der Waals surface area contributed by atoms with Crippen LogP contribution in [0.5, 0.6) is 0 Å². The molecule has 1 heterocycles. The molecule has 1 saturated heterocycles. The van der Waals surface area contributed by atoms with Crippen LogP contribution in [0.25, 0.3) is 0 Å². The molecule has 3 rings (SSSR count). The first-order chi connectivity index (χ1) is 14.2. The molecule has 1 amide bonds. The van der Waals surface area contributed by atoms with Gasteiger partial charge in [-0.15, -0.1) is 0 Å². The average molecular weight is 439 g/mol. The number of halogens is 2. The summed E-state index contributed by atoms with van der Waals surface area (Å²) in [5.74, 6) is 0.931. The highest BCUT2D eigenvalue weighted by molar-refractivity contribution is 6.32. The van der Waals surface area contributed by atoms with E-state index < -0.39 is 6.17 Å². The minimum absolute atomic E-state index is 0.0284. The molecule has 0 spiro atoms. The van der Waals surface area contributed by atoms with Crippen LogP contribution in [0.3, 0.4) is 0 Å². The summed E-state index contributed by atoms with van der Waals surface area (Å²) in [5, 5.41) is 4.04. The fourth-order valence-electron chi connectivity index (χ4n) is 5.51. The van der Waals surface area contributed by atoms with Crippen molar-refractivity contribution in [3.8, 4) is 0 Å². The topological polar surface area (TPSA) is 32.3 Å². The molecule has 2 aliphatic carbocycles. The molecule has 0 radical (unpaired) electrons. The van der Waals surface area contributed by atoms with Crippen LogP contribution in [0.4, 0.5) is 4.39 Å². The molecule has 2 unspecified atom stereocenters. The minimum Gasteiger partial charge on any atom is -0.348 e. The Labute approximate surface area is 187 Å². The van der Waals surface area contributed by atoms with E-state index in [0.717, 1.165) is 68.8 Å². The molecule has 0 saturated carbocycles. The number of alkyl halides is 1. The average Bonchev–Trinajstić information content (AvgIpc) is 2.68. The maximum atomic E-state index is 13.6. The summed E-state index contributed by atoms with van der Waals surface area (Å²) in [6.45, 7) is 12.0. The normalized spacial score (nSPS) is 29.0. The summed E-state index contributed by atoms with van der Waals surface area (Å²) in [5.41, 5.74) is 2.43. The lowest BCUT2D eigenvalue weighted by Crippen LogP contribution is -2.53. The van der Waals surface area contributed by atoms with Crippen LogP contribution in [0.1, 0.15) is 79.1 Å². The highest BCUT2D eigenvalue weighted by Crippen LogP contribution is 2.43. The standard InChI is InChI=1S/C25H40ClFN2O/c1-17(2)23(28-24(30)20-7-5-6-8-22(20)26)15-29-14-13-21(25(3,4)16-29)18-9-11-19(27)12-10-18/h9,17,19,21,23H,5-8,10-16H2,1-4H3,(H,28,30)/t19?,21?,23-/m0/s1. The molecule has 30 heavy (non-hydrogen) atoms. The van der Waals surface area contributed by atoms with E-state index >= 15 is 0 Å². The predicted molar refractivity (Wildman–Crippen MR) is 123 cm³/mol. The number of nitrogens with one attached hydrogen (secondary N) is 1. The summed E-state index contributed by atoms with van der Waals surface area (Å²) >= 11 is 6.35. The summed E-state index contributed by atoms with van der Waals surface area (Å²) in [6, 6.07) is 0.116. The molecule has 1 N–H and O–H groups in total. The first-order valence-electron chi connectivity index (χ1n) is 11.9. The van der Waals surface area contributed by atoms with Crippen LogP contribution in [0.2, 0.25) is 0 Å². The van der Waals surface area contributed by atoms with E-state index in [4.69, 9.17) is 11.6 Å². The maximum absolute atomic E-state index is 13.6. The number of hydrogen-bond acceptors (Lipinski definition) is 2. The fourth-order valence-corrected chi connectivity index (χ4v) is 5.83. The molecule has 3 atom stereocenters. The molecule has 3 aliphatic rings. The van der Waals surface area contributed by atoms with Crippen LogP contribution in [0.15, 0.2) is 22.3 Å². The van der Waals surface area contributed by atoms with Crippen LogP contribution < -0.4 is 5.32 Å². The second-order valence-corrected chi connectivity index (χ2v) is 11.1. The predicted octanol–water partition coefficient (Wildman–Crippen LogP) is 5.99. The number of carbonyl (C=O) groups excluding carboxylic acids is 1. The van der Waals surface area contributed by atoms with Crippen LogP contribution >= 0.6 is 11.6 Å². The van der Waals surface area contributed by atoms with Gasteiger partial charge in [-0.05, 0) is 75.2 Å². The van der Waals surface area contributed by atoms with Crippen molar-refractivity contribution in [1.29, 1.82) is 0 Å². The van der Waals surface area contributed by atoms with E-state index in [2.05, 4.69) is 44.0 Å². The van der Waals surface area contributed by atoms with E-state index in [9.17, 15) is 9.18 Å². The van der Waals surface area contributed by atoms with Gasteiger partial charge < -0.3 is 10.2 Å². The largest absolute Gasteiger partial charge is 0.348 e. The van der Waals surface area contributed by atoms with Crippen molar-refractivity contribution in [3.05, 3.63) is 22.3 Å². The summed E-state index contributed by atoms with van der Waals surface area (Å²) in [6.07, 6.45) is 8.58. The van der Waals surface area contributed by atoms with Crippen molar-refractivity contribution in [2.24, 2.45) is 17.3 Å². The number of amides is 1. The number of hydrogen-bond donors (Lipinski definition) is 1. The second kappa shape index (κ2) is 10.2. The van der Waals surface area contributed by atoms with Gasteiger partial charge in [-0.3, -0.25) is 4.79 Å². The van der Waals surface area contributed by atoms with Crippen molar-refractivity contribution in [3.63, 3.8) is 0 Å². The Morgan fingerprint density at radius 2 is 2.00 bits per heavy atom.